The van der Waals surface area contributed by atoms with Crippen LogP contribution in [0.4, 0.5) is 0 Å². The van der Waals surface area contributed by atoms with Crippen molar-refractivity contribution in [3.05, 3.63) is 47.9 Å². The van der Waals surface area contributed by atoms with Crippen LogP contribution in [0.3, 0.4) is 0 Å². The number of hydrogen-bond acceptors (Lipinski definition) is 4. The number of aromatic nitrogens is 2. The molecule has 5 heteroatoms. The van der Waals surface area contributed by atoms with E-state index < -0.39 is 0 Å². The molecule has 0 saturated heterocycles. The van der Waals surface area contributed by atoms with Crippen LogP contribution in [-0.4, -0.2) is 21.9 Å². The van der Waals surface area contributed by atoms with Gasteiger partial charge in [0, 0.05) is 18.4 Å². The molecule has 0 radical (unpaired) electrons. The van der Waals surface area contributed by atoms with E-state index in [1.54, 1.807) is 19.3 Å². The molecule has 2 heterocycles. The van der Waals surface area contributed by atoms with Crippen LogP contribution in [0.25, 0.3) is 0 Å². The van der Waals surface area contributed by atoms with Gasteiger partial charge in [-0.05, 0) is 31.9 Å². The summed E-state index contributed by atoms with van der Waals surface area (Å²) in [6, 6.07) is 3.88. The van der Waals surface area contributed by atoms with Crippen molar-refractivity contribution >= 4 is 5.91 Å². The number of carbonyl (C=O) groups is 1. The third kappa shape index (κ3) is 2.94. The smallest absolute Gasteiger partial charge is 0.273 e. The Labute approximate surface area is 105 Å². The van der Waals surface area contributed by atoms with Crippen molar-refractivity contribution in [3.8, 4) is 0 Å². The molecule has 0 spiro atoms. The molecular formula is C13H15N3O2. The number of nitrogens with zero attached hydrogens (tertiary/aromatic N) is 2. The predicted molar refractivity (Wildman–Crippen MR) is 66.1 cm³/mol. The highest BCUT2D eigenvalue weighted by Crippen LogP contribution is 2.06. The second-order valence-corrected chi connectivity index (χ2v) is 4.20. The first-order valence-electron chi connectivity index (χ1n) is 5.76. The molecule has 0 bridgehead atoms. The van der Waals surface area contributed by atoms with E-state index in [1.165, 1.54) is 6.39 Å². The zero-order valence-electron chi connectivity index (χ0n) is 10.4. The van der Waals surface area contributed by atoms with Crippen LogP contribution in [0.15, 0.2) is 35.3 Å². The van der Waals surface area contributed by atoms with Crippen molar-refractivity contribution in [2.75, 3.05) is 0 Å². The molecule has 1 atom stereocenters. The maximum absolute atomic E-state index is 11.9. The summed E-state index contributed by atoms with van der Waals surface area (Å²) in [7, 11) is 0. The average molecular weight is 245 g/mol. The van der Waals surface area contributed by atoms with E-state index >= 15 is 0 Å². The molecule has 0 aromatic carbocycles. The number of amides is 1. The molecule has 1 unspecified atom stereocenters. The van der Waals surface area contributed by atoms with Crippen molar-refractivity contribution in [1.29, 1.82) is 0 Å². The number of carbonyl (C=O) groups excluding carboxylic acids is 1. The Morgan fingerprint density at radius 3 is 3.00 bits per heavy atom. The standard InChI is InChI=1S/C13H15N3O2/c1-9(6-11-4-3-5-14-7-11)16-13(17)12-10(2)18-8-15-12/h3-5,7-9H,6H2,1-2H3,(H,16,17). The molecule has 1 N–H and O–H groups in total. The highest BCUT2D eigenvalue weighted by Gasteiger charge is 2.15. The van der Waals surface area contributed by atoms with Gasteiger partial charge in [-0.15, -0.1) is 0 Å². The summed E-state index contributed by atoms with van der Waals surface area (Å²) in [5.41, 5.74) is 1.43. The van der Waals surface area contributed by atoms with Gasteiger partial charge in [0.25, 0.3) is 5.91 Å². The summed E-state index contributed by atoms with van der Waals surface area (Å²) in [6.45, 7) is 3.66. The van der Waals surface area contributed by atoms with Gasteiger partial charge in [0.15, 0.2) is 12.1 Å². The van der Waals surface area contributed by atoms with Gasteiger partial charge in [-0.3, -0.25) is 9.78 Å². The molecule has 0 aliphatic carbocycles. The lowest BCUT2D eigenvalue weighted by molar-refractivity contribution is 0.0934. The lowest BCUT2D eigenvalue weighted by Gasteiger charge is -2.12. The van der Waals surface area contributed by atoms with Crippen molar-refractivity contribution in [2.45, 2.75) is 26.3 Å². The third-order valence-electron chi connectivity index (χ3n) is 2.60. The van der Waals surface area contributed by atoms with Crippen molar-refractivity contribution in [1.82, 2.24) is 15.3 Å². The molecule has 0 aliphatic rings. The van der Waals surface area contributed by atoms with Crippen molar-refractivity contribution < 1.29 is 9.21 Å². The zero-order chi connectivity index (χ0) is 13.0. The first-order chi connectivity index (χ1) is 8.66. The lowest BCUT2D eigenvalue weighted by atomic mass is 10.1. The normalized spacial score (nSPS) is 12.1. The fourth-order valence-corrected chi connectivity index (χ4v) is 1.74. The summed E-state index contributed by atoms with van der Waals surface area (Å²) in [5.74, 6) is 0.318. The van der Waals surface area contributed by atoms with Gasteiger partial charge >= 0.3 is 0 Å². The first kappa shape index (κ1) is 12.3. The topological polar surface area (TPSA) is 68.0 Å². The summed E-state index contributed by atoms with van der Waals surface area (Å²) in [5, 5.41) is 2.88. The highest BCUT2D eigenvalue weighted by molar-refractivity contribution is 5.93. The highest BCUT2D eigenvalue weighted by atomic mass is 16.3. The van der Waals surface area contributed by atoms with Gasteiger partial charge in [0.05, 0.1) is 0 Å². The minimum absolute atomic E-state index is 0.0119. The summed E-state index contributed by atoms with van der Waals surface area (Å²) in [6.07, 6.45) is 5.53. The minimum Gasteiger partial charge on any atom is -0.448 e. The first-order valence-corrected chi connectivity index (χ1v) is 5.76. The molecule has 2 aromatic rings. The summed E-state index contributed by atoms with van der Waals surface area (Å²) < 4.78 is 5.00. The molecule has 1 amide bonds. The number of nitrogens with one attached hydrogen (secondary N) is 1. The van der Waals surface area contributed by atoms with E-state index in [-0.39, 0.29) is 11.9 Å². The molecular weight excluding hydrogens is 230 g/mol. The Bertz CT molecular complexity index is 522. The molecule has 2 rings (SSSR count). The van der Waals surface area contributed by atoms with Gasteiger partial charge in [0.2, 0.25) is 0 Å². The van der Waals surface area contributed by atoms with E-state index in [0.717, 1.165) is 12.0 Å². The van der Waals surface area contributed by atoms with E-state index in [9.17, 15) is 4.79 Å². The molecule has 0 fully saturated rings. The quantitative estimate of drug-likeness (QED) is 0.890. The lowest BCUT2D eigenvalue weighted by Crippen LogP contribution is -2.34. The fourth-order valence-electron chi connectivity index (χ4n) is 1.74. The van der Waals surface area contributed by atoms with Crippen LogP contribution < -0.4 is 5.32 Å². The van der Waals surface area contributed by atoms with E-state index in [1.807, 2.05) is 19.1 Å². The Hall–Kier alpha value is -2.17. The van der Waals surface area contributed by atoms with Crippen LogP contribution in [0.2, 0.25) is 0 Å². The molecule has 94 valence electrons. The number of pyridine rings is 1. The molecule has 5 nitrogen and oxygen atoms in total. The predicted octanol–water partition coefficient (Wildman–Crippen LogP) is 1.74. The number of aryl methyl sites for hydroxylation is 1. The van der Waals surface area contributed by atoms with Gasteiger partial charge in [-0.25, -0.2) is 4.98 Å². The fraction of sp³-hybridized carbons (Fsp3) is 0.308. The van der Waals surface area contributed by atoms with Crippen LogP contribution in [0, 0.1) is 6.92 Å². The number of hydrogen-bond donors (Lipinski definition) is 1. The van der Waals surface area contributed by atoms with Crippen LogP contribution in [0.5, 0.6) is 0 Å². The number of oxazole rings is 1. The number of rotatable bonds is 4. The van der Waals surface area contributed by atoms with Crippen molar-refractivity contribution in [3.63, 3.8) is 0 Å². The molecule has 18 heavy (non-hydrogen) atoms. The van der Waals surface area contributed by atoms with E-state index in [4.69, 9.17) is 4.42 Å². The maximum Gasteiger partial charge on any atom is 0.273 e. The largest absolute Gasteiger partial charge is 0.448 e. The zero-order valence-corrected chi connectivity index (χ0v) is 10.4. The monoisotopic (exact) mass is 245 g/mol. The Balaban J connectivity index is 1.94. The van der Waals surface area contributed by atoms with Crippen LogP contribution >= 0.6 is 0 Å². The van der Waals surface area contributed by atoms with Crippen LogP contribution in [-0.2, 0) is 6.42 Å². The van der Waals surface area contributed by atoms with Gasteiger partial charge < -0.3 is 9.73 Å². The minimum atomic E-state index is -0.211. The average Bonchev–Trinajstić information content (AvgIpc) is 2.76. The van der Waals surface area contributed by atoms with Crippen LogP contribution in [0.1, 0.15) is 28.7 Å². The van der Waals surface area contributed by atoms with Gasteiger partial charge in [-0.1, -0.05) is 6.07 Å². The second-order valence-electron chi connectivity index (χ2n) is 4.20. The Morgan fingerprint density at radius 2 is 2.39 bits per heavy atom. The SMILES string of the molecule is Cc1ocnc1C(=O)NC(C)Cc1cccnc1. The molecule has 0 aliphatic heterocycles. The van der Waals surface area contributed by atoms with E-state index in [2.05, 4.69) is 15.3 Å². The maximum atomic E-state index is 11.9. The van der Waals surface area contributed by atoms with E-state index in [0.29, 0.717) is 11.5 Å². The molecule has 2 aromatic heterocycles. The third-order valence-corrected chi connectivity index (χ3v) is 2.60. The summed E-state index contributed by atoms with van der Waals surface area (Å²) in [4.78, 5) is 19.8. The van der Waals surface area contributed by atoms with Gasteiger partial charge in [-0.2, -0.15) is 0 Å². The van der Waals surface area contributed by atoms with Crippen molar-refractivity contribution in [2.24, 2.45) is 0 Å². The summed E-state index contributed by atoms with van der Waals surface area (Å²) >= 11 is 0. The second kappa shape index (κ2) is 5.44. The Kier molecular flexibility index (Phi) is 3.72. The molecule has 0 saturated carbocycles. The Morgan fingerprint density at radius 1 is 1.56 bits per heavy atom. The van der Waals surface area contributed by atoms with Gasteiger partial charge in [0.1, 0.15) is 5.76 Å².